The first-order valence-corrected chi connectivity index (χ1v) is 9.95. The van der Waals surface area contributed by atoms with Gasteiger partial charge in [0.15, 0.2) is 5.01 Å². The zero-order chi connectivity index (χ0) is 20.1. The van der Waals surface area contributed by atoms with E-state index >= 15 is 0 Å². The highest BCUT2D eigenvalue weighted by Gasteiger charge is 2.36. The van der Waals surface area contributed by atoms with Crippen molar-refractivity contribution in [2.24, 2.45) is 5.92 Å². The fourth-order valence-electron chi connectivity index (χ4n) is 2.91. The van der Waals surface area contributed by atoms with E-state index in [1.54, 1.807) is 36.3 Å². The lowest BCUT2D eigenvalue weighted by Crippen LogP contribution is -2.38. The van der Waals surface area contributed by atoms with E-state index in [0.29, 0.717) is 34.1 Å². The molecule has 1 fully saturated rings. The summed E-state index contributed by atoms with van der Waals surface area (Å²) in [5, 5.41) is 12.4. The molecule has 0 saturated carbocycles. The van der Waals surface area contributed by atoms with Crippen molar-refractivity contribution in [2.45, 2.75) is 26.0 Å². The summed E-state index contributed by atoms with van der Waals surface area (Å²) in [7, 11) is 1.59. The highest BCUT2D eigenvalue weighted by molar-refractivity contribution is 7.15. The van der Waals surface area contributed by atoms with Crippen LogP contribution in [-0.2, 0) is 20.9 Å². The van der Waals surface area contributed by atoms with Crippen LogP contribution < -0.4 is 10.1 Å². The van der Waals surface area contributed by atoms with Crippen molar-refractivity contribution in [2.75, 3.05) is 25.6 Å². The van der Waals surface area contributed by atoms with Gasteiger partial charge in [-0.05, 0) is 31.2 Å². The van der Waals surface area contributed by atoms with Crippen molar-refractivity contribution in [3.05, 3.63) is 34.3 Å². The molecule has 150 valence electrons. The molecule has 0 spiro atoms. The van der Waals surface area contributed by atoms with Crippen LogP contribution in [0.2, 0.25) is 5.02 Å². The Morgan fingerprint density at radius 2 is 2.14 bits per heavy atom. The minimum absolute atomic E-state index is 0.0426. The lowest BCUT2D eigenvalue weighted by atomic mass is 10.1. The zero-order valence-corrected chi connectivity index (χ0v) is 17.1. The Labute approximate surface area is 171 Å². The second-order valence-corrected chi connectivity index (χ2v) is 7.98. The maximum absolute atomic E-state index is 12.5. The van der Waals surface area contributed by atoms with Crippen LogP contribution in [0, 0.1) is 5.92 Å². The Morgan fingerprint density at radius 1 is 1.39 bits per heavy atom. The van der Waals surface area contributed by atoms with Gasteiger partial charge in [0.05, 0.1) is 18.6 Å². The van der Waals surface area contributed by atoms with Crippen molar-refractivity contribution >= 4 is 39.9 Å². The molecule has 1 aliphatic heterocycles. The molecule has 1 aromatic carbocycles. The number of ether oxygens (including phenoxy) is 2. The molecule has 2 heterocycles. The van der Waals surface area contributed by atoms with Crippen LogP contribution in [-0.4, -0.2) is 53.2 Å². The van der Waals surface area contributed by atoms with Crippen molar-refractivity contribution in [1.82, 2.24) is 15.1 Å². The normalized spacial score (nSPS) is 17.6. The second-order valence-electron chi connectivity index (χ2n) is 6.48. The van der Waals surface area contributed by atoms with Crippen molar-refractivity contribution in [3.63, 3.8) is 0 Å². The van der Waals surface area contributed by atoms with Crippen LogP contribution in [0.5, 0.6) is 5.75 Å². The summed E-state index contributed by atoms with van der Waals surface area (Å²) in [5.74, 6) is -0.0230. The van der Waals surface area contributed by atoms with E-state index in [2.05, 4.69) is 15.5 Å². The molecule has 1 aliphatic rings. The maximum atomic E-state index is 12.5. The number of hydrogen-bond donors (Lipinski definition) is 1. The second kappa shape index (κ2) is 9.31. The minimum atomic E-state index is -0.413. The fraction of sp³-hybridized carbons (Fsp3) is 0.444. The van der Waals surface area contributed by atoms with Crippen LogP contribution in [0.1, 0.15) is 18.4 Å². The molecule has 1 aromatic heterocycles. The van der Waals surface area contributed by atoms with E-state index in [-0.39, 0.29) is 30.9 Å². The number of methoxy groups -OCH3 is 1. The number of anilines is 1. The quantitative estimate of drug-likeness (QED) is 0.700. The molecule has 8 nitrogen and oxygen atoms in total. The first kappa shape index (κ1) is 20.5. The van der Waals surface area contributed by atoms with Crippen LogP contribution >= 0.6 is 22.9 Å². The van der Waals surface area contributed by atoms with Gasteiger partial charge in [-0.3, -0.25) is 9.59 Å². The molecule has 2 aromatic rings. The van der Waals surface area contributed by atoms with Crippen LogP contribution in [0.4, 0.5) is 5.13 Å². The highest BCUT2D eigenvalue weighted by Crippen LogP contribution is 2.24. The van der Waals surface area contributed by atoms with Crippen molar-refractivity contribution < 1.29 is 19.1 Å². The maximum Gasteiger partial charge on any atom is 0.231 e. The third-order valence-electron chi connectivity index (χ3n) is 4.34. The number of nitrogens with zero attached hydrogens (tertiary/aromatic N) is 3. The van der Waals surface area contributed by atoms with E-state index in [1.165, 1.54) is 11.3 Å². The first-order chi connectivity index (χ1) is 13.5. The molecular formula is C18H21ClN4O4S. The number of carbonyl (C=O) groups is 2. The molecule has 0 aliphatic carbocycles. The van der Waals surface area contributed by atoms with Gasteiger partial charge in [0.1, 0.15) is 12.4 Å². The first-order valence-electron chi connectivity index (χ1n) is 8.76. The monoisotopic (exact) mass is 424 g/mol. The summed E-state index contributed by atoms with van der Waals surface area (Å²) in [6, 6.07) is 6.94. The predicted molar refractivity (Wildman–Crippen MR) is 105 cm³/mol. The molecule has 0 radical (unpaired) electrons. The van der Waals surface area contributed by atoms with Gasteiger partial charge in [-0.1, -0.05) is 22.9 Å². The standard InChI is InChI=1S/C18H21ClN4O4S/c1-11(9-26-2)23-8-12(7-16(23)24)17(25)20-18-22-21-15(28-18)10-27-14-5-3-13(19)4-6-14/h3-6,11-12H,7-10H2,1-2H3,(H,20,22,25)/t11-,12-/m0/s1. The molecule has 10 heteroatoms. The fourth-order valence-corrected chi connectivity index (χ4v) is 3.69. The van der Waals surface area contributed by atoms with Gasteiger partial charge < -0.3 is 19.7 Å². The lowest BCUT2D eigenvalue weighted by molar-refractivity contribution is -0.130. The molecular weight excluding hydrogens is 404 g/mol. The van der Waals surface area contributed by atoms with Gasteiger partial charge in [0, 0.05) is 25.1 Å². The number of halogens is 1. The average Bonchev–Trinajstić information content (AvgIpc) is 3.28. The lowest BCUT2D eigenvalue weighted by Gasteiger charge is -2.23. The van der Waals surface area contributed by atoms with Crippen LogP contribution in [0.3, 0.4) is 0 Å². The van der Waals surface area contributed by atoms with Gasteiger partial charge in [-0.15, -0.1) is 10.2 Å². The number of hydrogen-bond acceptors (Lipinski definition) is 7. The summed E-state index contributed by atoms with van der Waals surface area (Å²) >= 11 is 7.07. The summed E-state index contributed by atoms with van der Waals surface area (Å²) in [5.41, 5.74) is 0. The van der Waals surface area contributed by atoms with E-state index in [9.17, 15) is 9.59 Å². The number of aromatic nitrogens is 2. The smallest absolute Gasteiger partial charge is 0.231 e. The number of amides is 2. The van der Waals surface area contributed by atoms with Crippen LogP contribution in [0.15, 0.2) is 24.3 Å². The van der Waals surface area contributed by atoms with Gasteiger partial charge in [0.2, 0.25) is 16.9 Å². The predicted octanol–water partition coefficient (Wildman–Crippen LogP) is 2.59. The average molecular weight is 425 g/mol. The summed E-state index contributed by atoms with van der Waals surface area (Å²) in [6.07, 6.45) is 0.186. The molecule has 28 heavy (non-hydrogen) atoms. The Bertz CT molecular complexity index is 829. The number of benzene rings is 1. The number of nitrogens with one attached hydrogen (secondary N) is 1. The molecule has 0 bridgehead atoms. The van der Waals surface area contributed by atoms with E-state index in [1.807, 2.05) is 6.92 Å². The van der Waals surface area contributed by atoms with Gasteiger partial charge >= 0.3 is 0 Å². The highest BCUT2D eigenvalue weighted by atomic mass is 35.5. The molecule has 0 unspecified atom stereocenters. The van der Waals surface area contributed by atoms with E-state index in [4.69, 9.17) is 21.1 Å². The number of carbonyl (C=O) groups excluding carboxylic acids is 2. The summed E-state index contributed by atoms with van der Waals surface area (Å²) in [4.78, 5) is 26.3. The van der Waals surface area contributed by atoms with Gasteiger partial charge in [-0.2, -0.15) is 0 Å². The topological polar surface area (TPSA) is 93.7 Å². The van der Waals surface area contributed by atoms with Gasteiger partial charge in [0.25, 0.3) is 0 Å². The van der Waals surface area contributed by atoms with E-state index in [0.717, 1.165) is 0 Å². The summed E-state index contributed by atoms with van der Waals surface area (Å²) < 4.78 is 10.7. The van der Waals surface area contributed by atoms with Crippen molar-refractivity contribution in [1.29, 1.82) is 0 Å². The summed E-state index contributed by atoms with van der Waals surface area (Å²) in [6.45, 7) is 2.95. The minimum Gasteiger partial charge on any atom is -0.486 e. The molecule has 3 rings (SSSR count). The molecule has 2 atom stereocenters. The molecule has 2 amide bonds. The number of rotatable bonds is 8. The SMILES string of the molecule is COC[C@H](C)N1C[C@@H](C(=O)Nc2nnc(COc3ccc(Cl)cc3)s2)CC1=O. The van der Waals surface area contributed by atoms with E-state index < -0.39 is 5.92 Å². The van der Waals surface area contributed by atoms with Crippen LogP contribution in [0.25, 0.3) is 0 Å². The third-order valence-corrected chi connectivity index (χ3v) is 5.41. The molecule has 1 N–H and O–H groups in total. The Morgan fingerprint density at radius 3 is 2.86 bits per heavy atom. The Hall–Kier alpha value is -2.23. The molecule has 1 saturated heterocycles. The van der Waals surface area contributed by atoms with Gasteiger partial charge in [-0.25, -0.2) is 0 Å². The Kier molecular flexibility index (Phi) is 6.82. The number of likely N-dealkylation sites (tertiary alicyclic amines) is 1. The largest absolute Gasteiger partial charge is 0.486 e. The third kappa shape index (κ3) is 5.18. The Balaban J connectivity index is 1.51. The van der Waals surface area contributed by atoms with Crippen molar-refractivity contribution in [3.8, 4) is 5.75 Å². The zero-order valence-electron chi connectivity index (χ0n) is 15.6.